The number of aromatic nitrogens is 1. The van der Waals surface area contributed by atoms with Crippen molar-refractivity contribution in [2.75, 3.05) is 16.4 Å². The maximum Gasteiger partial charge on any atom is 0.272 e. The van der Waals surface area contributed by atoms with Crippen LogP contribution >= 0.6 is 39.0 Å². The summed E-state index contributed by atoms with van der Waals surface area (Å²) in [6.07, 6.45) is 1.62. The van der Waals surface area contributed by atoms with Gasteiger partial charge >= 0.3 is 0 Å². The lowest BCUT2D eigenvalue weighted by Gasteiger charge is -2.12. The Hall–Kier alpha value is -4.51. The van der Waals surface area contributed by atoms with Gasteiger partial charge in [-0.25, -0.2) is 4.98 Å². The van der Waals surface area contributed by atoms with E-state index in [2.05, 4.69) is 36.9 Å². The van der Waals surface area contributed by atoms with E-state index in [9.17, 15) is 14.4 Å². The van der Waals surface area contributed by atoms with Gasteiger partial charge in [-0.2, -0.15) is 0 Å². The van der Waals surface area contributed by atoms with Gasteiger partial charge < -0.3 is 16.0 Å². The van der Waals surface area contributed by atoms with E-state index in [0.717, 1.165) is 31.1 Å². The van der Waals surface area contributed by atoms with Gasteiger partial charge in [0.05, 0.1) is 11.4 Å². The monoisotopic (exact) mass is 682 g/mol. The third kappa shape index (κ3) is 8.53. The summed E-state index contributed by atoms with van der Waals surface area (Å²) in [5.74, 6) is -0.807. The highest BCUT2D eigenvalue weighted by atomic mass is 79.9. The quantitative estimate of drug-likeness (QED) is 0.102. The molecule has 220 valence electrons. The number of halogens is 1. The summed E-state index contributed by atoms with van der Waals surface area (Å²) in [6.45, 7) is 1.99. The molecule has 3 amide bonds. The van der Waals surface area contributed by atoms with Gasteiger partial charge in [-0.05, 0) is 67.1 Å². The van der Waals surface area contributed by atoms with E-state index in [-0.39, 0.29) is 17.4 Å². The van der Waals surface area contributed by atoms with Gasteiger partial charge in [0, 0.05) is 31.1 Å². The number of amides is 3. The zero-order valence-electron chi connectivity index (χ0n) is 23.5. The van der Waals surface area contributed by atoms with Crippen LogP contribution in [0.15, 0.2) is 124 Å². The maximum atomic E-state index is 13.3. The fourth-order valence-corrected chi connectivity index (χ4v) is 5.93. The second kappa shape index (κ2) is 14.8. The molecule has 5 aromatic rings. The molecule has 0 unspecified atom stereocenters. The highest BCUT2D eigenvalue weighted by Gasteiger charge is 2.16. The first-order chi connectivity index (χ1) is 21.3. The second-order valence-corrected chi connectivity index (χ2v) is 12.7. The van der Waals surface area contributed by atoms with Crippen molar-refractivity contribution >= 4 is 73.6 Å². The smallest absolute Gasteiger partial charge is 0.272 e. The van der Waals surface area contributed by atoms with Crippen molar-refractivity contribution in [3.05, 3.63) is 135 Å². The Morgan fingerprint density at radius 3 is 2.18 bits per heavy atom. The molecule has 3 N–H and O–H groups in total. The van der Waals surface area contributed by atoms with Crippen molar-refractivity contribution in [3.63, 3.8) is 0 Å². The molecule has 0 aliphatic heterocycles. The van der Waals surface area contributed by atoms with E-state index in [4.69, 9.17) is 0 Å². The number of carbonyl (C=O) groups excluding carboxylic acids is 3. The number of thiazole rings is 1. The highest BCUT2D eigenvalue weighted by molar-refractivity contribution is 9.10. The molecule has 0 aliphatic rings. The minimum absolute atomic E-state index is 0.101. The molecule has 5 rings (SSSR count). The van der Waals surface area contributed by atoms with Crippen LogP contribution in [0.5, 0.6) is 0 Å². The lowest BCUT2D eigenvalue weighted by molar-refractivity contribution is -0.114. The minimum atomic E-state index is -0.467. The summed E-state index contributed by atoms with van der Waals surface area (Å²) in [7, 11) is 0. The van der Waals surface area contributed by atoms with E-state index in [0.29, 0.717) is 16.4 Å². The normalized spacial score (nSPS) is 11.1. The van der Waals surface area contributed by atoms with E-state index in [1.54, 1.807) is 42.5 Å². The topological polar surface area (TPSA) is 100 Å². The van der Waals surface area contributed by atoms with Crippen LogP contribution in [-0.4, -0.2) is 28.5 Å². The number of thioether (sulfide) groups is 1. The SMILES string of the molecule is Cc1sc(NC(=O)CSc2ccc(NC(=O)/C(=C/c3ccc(Br)cc3)NC(=O)c3ccccc3)cc2)nc1-c1ccccc1. The third-order valence-electron chi connectivity index (χ3n) is 6.28. The Morgan fingerprint density at radius 1 is 0.841 bits per heavy atom. The number of nitrogens with one attached hydrogen (secondary N) is 3. The second-order valence-electron chi connectivity index (χ2n) is 9.53. The van der Waals surface area contributed by atoms with Crippen LogP contribution in [0.3, 0.4) is 0 Å². The fraction of sp³-hybridized carbons (Fsp3) is 0.0588. The lowest BCUT2D eigenvalue weighted by Crippen LogP contribution is -2.30. The molecule has 4 aromatic carbocycles. The summed E-state index contributed by atoms with van der Waals surface area (Å²) in [6, 6.07) is 33.1. The summed E-state index contributed by atoms with van der Waals surface area (Å²) in [4.78, 5) is 45.2. The van der Waals surface area contributed by atoms with Gasteiger partial charge in [-0.3, -0.25) is 14.4 Å². The summed E-state index contributed by atoms with van der Waals surface area (Å²) in [5.41, 5.74) is 3.72. The van der Waals surface area contributed by atoms with Crippen LogP contribution in [0, 0.1) is 6.92 Å². The molecule has 0 bridgehead atoms. The molecule has 0 saturated carbocycles. The average molecular weight is 684 g/mol. The van der Waals surface area contributed by atoms with Crippen molar-refractivity contribution in [2.45, 2.75) is 11.8 Å². The molecule has 1 aromatic heterocycles. The molecular formula is C34H27BrN4O3S2. The van der Waals surface area contributed by atoms with Gasteiger partial charge in [0.15, 0.2) is 5.13 Å². The summed E-state index contributed by atoms with van der Waals surface area (Å²) in [5, 5.41) is 9.05. The van der Waals surface area contributed by atoms with Crippen molar-refractivity contribution in [1.29, 1.82) is 0 Å². The summed E-state index contributed by atoms with van der Waals surface area (Å²) < 4.78 is 0.903. The average Bonchev–Trinajstić information content (AvgIpc) is 3.41. The number of anilines is 2. The van der Waals surface area contributed by atoms with Crippen LogP contribution in [0.2, 0.25) is 0 Å². The Labute approximate surface area is 272 Å². The fourth-order valence-electron chi connectivity index (χ4n) is 4.12. The van der Waals surface area contributed by atoms with Crippen molar-refractivity contribution in [1.82, 2.24) is 10.3 Å². The Morgan fingerprint density at radius 2 is 1.50 bits per heavy atom. The Balaban J connectivity index is 1.19. The molecule has 0 aliphatic carbocycles. The third-order valence-corrected chi connectivity index (χ3v) is 8.71. The van der Waals surface area contributed by atoms with Crippen molar-refractivity contribution in [2.24, 2.45) is 0 Å². The van der Waals surface area contributed by atoms with E-state index in [1.165, 1.54) is 23.1 Å². The number of carbonyl (C=O) groups is 3. The van der Waals surface area contributed by atoms with E-state index in [1.807, 2.05) is 79.7 Å². The molecule has 44 heavy (non-hydrogen) atoms. The van der Waals surface area contributed by atoms with Crippen molar-refractivity contribution in [3.8, 4) is 11.3 Å². The van der Waals surface area contributed by atoms with Gasteiger partial charge in [0.25, 0.3) is 11.8 Å². The highest BCUT2D eigenvalue weighted by Crippen LogP contribution is 2.30. The molecule has 0 spiro atoms. The zero-order chi connectivity index (χ0) is 30.9. The Bertz CT molecular complexity index is 1790. The van der Waals surface area contributed by atoms with Crippen molar-refractivity contribution < 1.29 is 14.4 Å². The molecule has 0 fully saturated rings. The lowest BCUT2D eigenvalue weighted by atomic mass is 10.1. The first-order valence-electron chi connectivity index (χ1n) is 13.5. The van der Waals surface area contributed by atoms with Crippen LogP contribution < -0.4 is 16.0 Å². The summed E-state index contributed by atoms with van der Waals surface area (Å²) >= 11 is 6.24. The maximum absolute atomic E-state index is 13.3. The number of hydrogen-bond donors (Lipinski definition) is 3. The molecular weight excluding hydrogens is 656 g/mol. The molecule has 1 heterocycles. The van der Waals surface area contributed by atoms with Crippen LogP contribution in [0.1, 0.15) is 20.8 Å². The van der Waals surface area contributed by atoms with Crippen LogP contribution in [0.25, 0.3) is 17.3 Å². The molecule has 0 radical (unpaired) electrons. The van der Waals surface area contributed by atoms with Gasteiger partial charge in [-0.15, -0.1) is 23.1 Å². The van der Waals surface area contributed by atoms with Gasteiger partial charge in [0.1, 0.15) is 5.70 Å². The number of aryl methyl sites for hydroxylation is 1. The number of hydrogen-bond acceptors (Lipinski definition) is 6. The predicted octanol–water partition coefficient (Wildman–Crippen LogP) is 8.02. The minimum Gasteiger partial charge on any atom is -0.321 e. The number of rotatable bonds is 10. The van der Waals surface area contributed by atoms with Gasteiger partial charge in [0.2, 0.25) is 5.91 Å². The number of nitrogens with zero attached hydrogens (tertiary/aromatic N) is 1. The van der Waals surface area contributed by atoms with Gasteiger partial charge in [-0.1, -0.05) is 76.6 Å². The molecule has 0 atom stereocenters. The number of benzene rings is 4. The first-order valence-corrected chi connectivity index (χ1v) is 16.1. The standard InChI is InChI=1S/C34H27BrN4O3S2/c1-22-31(24-8-4-2-5-9-24)39-34(44-22)38-30(40)21-43-28-18-16-27(17-19-28)36-33(42)29(20-23-12-14-26(35)15-13-23)37-32(41)25-10-6-3-7-11-25/h2-20H,21H2,1H3,(H,36,42)(H,37,41)(H,38,39,40)/b29-20-. The van der Waals surface area contributed by atoms with Crippen LogP contribution in [-0.2, 0) is 9.59 Å². The molecule has 0 saturated heterocycles. The Kier molecular flexibility index (Phi) is 10.4. The molecule has 7 nitrogen and oxygen atoms in total. The first kappa shape index (κ1) is 30.9. The van der Waals surface area contributed by atoms with E-state index >= 15 is 0 Å². The largest absolute Gasteiger partial charge is 0.321 e. The van der Waals surface area contributed by atoms with E-state index < -0.39 is 11.8 Å². The molecule has 10 heteroatoms. The predicted molar refractivity (Wildman–Crippen MR) is 183 cm³/mol. The van der Waals surface area contributed by atoms with Crippen LogP contribution in [0.4, 0.5) is 10.8 Å². The zero-order valence-corrected chi connectivity index (χ0v) is 26.8.